The third-order valence-corrected chi connectivity index (χ3v) is 5.05. The van der Waals surface area contributed by atoms with Crippen LogP contribution in [0.3, 0.4) is 0 Å². The third kappa shape index (κ3) is 4.81. The molecule has 1 heterocycles. The number of hydrogen-bond acceptors (Lipinski definition) is 2. The molecule has 0 unspecified atom stereocenters. The molecule has 134 valence electrons. The minimum Gasteiger partial charge on any atom is -0.331 e. The first-order valence-corrected chi connectivity index (χ1v) is 9.33. The van der Waals surface area contributed by atoms with E-state index < -0.39 is 0 Å². The molecule has 4 nitrogen and oxygen atoms in total. The Bertz CT molecular complexity index is 958. The van der Waals surface area contributed by atoms with Gasteiger partial charge in [0.05, 0.1) is 34.2 Å². The number of aromatic nitrogens is 2. The average Bonchev–Trinajstić information content (AvgIpc) is 3.01. The summed E-state index contributed by atoms with van der Waals surface area (Å²) < 4.78 is 1.74. The fraction of sp³-hybridized carbons (Fsp3) is 0.0588. The molecule has 0 saturated carbocycles. The van der Waals surface area contributed by atoms with Gasteiger partial charge in [-0.2, -0.15) is 5.10 Å². The molecule has 1 aromatic heterocycles. The lowest BCUT2D eigenvalue weighted by molar-refractivity contribution is 0.687. The second-order valence-electron chi connectivity index (χ2n) is 5.34. The first-order chi connectivity index (χ1) is 12.4. The van der Waals surface area contributed by atoms with Crippen LogP contribution in [0, 0.1) is 0 Å². The zero-order valence-corrected chi connectivity index (χ0v) is 17.0. The predicted octanol–water partition coefficient (Wildman–Crippen LogP) is 6.35. The van der Waals surface area contributed by atoms with Crippen molar-refractivity contribution in [3.05, 3.63) is 74.4 Å². The third-order valence-electron chi connectivity index (χ3n) is 3.44. The number of halogens is 4. The molecule has 2 aromatic carbocycles. The van der Waals surface area contributed by atoms with Crippen LogP contribution in [0.4, 0.5) is 11.4 Å². The highest BCUT2D eigenvalue weighted by Crippen LogP contribution is 2.29. The van der Waals surface area contributed by atoms with Crippen LogP contribution in [0.1, 0.15) is 5.56 Å². The van der Waals surface area contributed by atoms with Gasteiger partial charge < -0.3 is 10.6 Å². The fourth-order valence-corrected chi connectivity index (χ4v) is 3.27. The Morgan fingerprint density at radius 1 is 1.04 bits per heavy atom. The molecule has 3 rings (SSSR count). The molecule has 0 aliphatic rings. The molecule has 2 N–H and O–H groups in total. The van der Waals surface area contributed by atoms with Crippen LogP contribution in [0.5, 0.6) is 0 Å². The van der Waals surface area contributed by atoms with E-state index in [9.17, 15) is 0 Å². The van der Waals surface area contributed by atoms with E-state index >= 15 is 0 Å². The summed E-state index contributed by atoms with van der Waals surface area (Å²) >= 11 is 29.5. The molecule has 26 heavy (non-hydrogen) atoms. The normalized spacial score (nSPS) is 10.6. The number of nitrogens with zero attached hydrogens (tertiary/aromatic N) is 2. The lowest BCUT2D eigenvalue weighted by atomic mass is 10.2. The molecule has 0 aliphatic carbocycles. The molecule has 0 radical (unpaired) electrons. The van der Waals surface area contributed by atoms with Crippen molar-refractivity contribution in [2.75, 3.05) is 10.6 Å². The van der Waals surface area contributed by atoms with Gasteiger partial charge in [0.2, 0.25) is 0 Å². The Morgan fingerprint density at radius 2 is 1.85 bits per heavy atom. The van der Waals surface area contributed by atoms with Gasteiger partial charge in [0, 0.05) is 16.2 Å². The molecule has 0 amide bonds. The number of benzene rings is 2. The Labute approximate surface area is 176 Å². The Kier molecular flexibility index (Phi) is 6.27. The fourth-order valence-electron chi connectivity index (χ4n) is 2.22. The summed E-state index contributed by atoms with van der Waals surface area (Å²) in [6, 6.07) is 10.6. The molecule has 0 aliphatic heterocycles. The molecular weight excluding hydrogens is 434 g/mol. The Hall–Kier alpha value is -1.50. The summed E-state index contributed by atoms with van der Waals surface area (Å²) in [4.78, 5) is 0. The highest BCUT2D eigenvalue weighted by Gasteiger charge is 2.08. The summed E-state index contributed by atoms with van der Waals surface area (Å²) in [6.07, 6.45) is 3.48. The van der Waals surface area contributed by atoms with Crippen LogP contribution in [0.2, 0.25) is 20.1 Å². The second-order valence-corrected chi connectivity index (χ2v) is 7.38. The van der Waals surface area contributed by atoms with Crippen LogP contribution < -0.4 is 10.6 Å². The monoisotopic (exact) mass is 444 g/mol. The summed E-state index contributed by atoms with van der Waals surface area (Å²) in [5.41, 5.74) is 2.26. The minimum atomic E-state index is 0.373. The molecule has 0 bridgehead atoms. The molecule has 9 heteroatoms. The highest BCUT2D eigenvalue weighted by atomic mass is 35.5. The number of thiocarbonyl (C=S) groups is 1. The summed E-state index contributed by atoms with van der Waals surface area (Å²) in [5.74, 6) is 0. The van der Waals surface area contributed by atoms with Gasteiger partial charge in [0.15, 0.2) is 5.11 Å². The smallest absolute Gasteiger partial charge is 0.175 e. The Morgan fingerprint density at radius 3 is 2.62 bits per heavy atom. The molecule has 3 aromatic rings. The number of nitrogens with one attached hydrogen (secondary N) is 2. The van der Waals surface area contributed by atoms with E-state index in [0.29, 0.717) is 37.4 Å². The SMILES string of the molecule is S=C(Nc1cnn(Cc2ccc(Cl)cc2Cl)c1)Nc1cccc(Cl)c1Cl. The van der Waals surface area contributed by atoms with Crippen molar-refractivity contribution in [2.24, 2.45) is 0 Å². The molecule has 0 saturated heterocycles. The van der Waals surface area contributed by atoms with E-state index in [2.05, 4.69) is 15.7 Å². The number of anilines is 2. The standard InChI is InChI=1S/C17H12Cl4N4S/c18-11-5-4-10(14(20)6-11)8-25-9-12(7-22-25)23-17(26)24-15-3-1-2-13(19)16(15)21/h1-7,9H,8H2,(H2,23,24,26). The van der Waals surface area contributed by atoms with E-state index in [-0.39, 0.29) is 0 Å². The molecular formula is C17H12Cl4N4S. The minimum absolute atomic E-state index is 0.373. The van der Waals surface area contributed by atoms with Crippen LogP contribution in [-0.4, -0.2) is 14.9 Å². The number of rotatable bonds is 4. The van der Waals surface area contributed by atoms with Crippen molar-refractivity contribution in [2.45, 2.75) is 6.54 Å². The van der Waals surface area contributed by atoms with Crippen molar-refractivity contribution in [3.63, 3.8) is 0 Å². The lowest BCUT2D eigenvalue weighted by Crippen LogP contribution is -2.19. The van der Waals surface area contributed by atoms with Gasteiger partial charge in [-0.3, -0.25) is 4.68 Å². The summed E-state index contributed by atoms with van der Waals surface area (Å²) in [6.45, 7) is 0.512. The van der Waals surface area contributed by atoms with Gasteiger partial charge in [-0.05, 0) is 42.0 Å². The molecule has 0 atom stereocenters. The second kappa shape index (κ2) is 8.46. The first kappa shape index (κ1) is 19.3. The zero-order valence-electron chi connectivity index (χ0n) is 13.1. The maximum atomic E-state index is 6.19. The van der Waals surface area contributed by atoms with Gasteiger partial charge in [-0.25, -0.2) is 0 Å². The highest BCUT2D eigenvalue weighted by molar-refractivity contribution is 7.80. The van der Waals surface area contributed by atoms with Gasteiger partial charge in [0.25, 0.3) is 0 Å². The summed E-state index contributed by atoms with van der Waals surface area (Å²) in [7, 11) is 0. The average molecular weight is 446 g/mol. The van der Waals surface area contributed by atoms with Crippen LogP contribution in [0.15, 0.2) is 48.8 Å². The van der Waals surface area contributed by atoms with E-state index in [1.807, 2.05) is 12.3 Å². The molecule has 0 fully saturated rings. The van der Waals surface area contributed by atoms with Gasteiger partial charge >= 0.3 is 0 Å². The number of hydrogen-bond donors (Lipinski definition) is 2. The zero-order chi connectivity index (χ0) is 18.7. The van der Waals surface area contributed by atoms with Gasteiger partial charge in [0.1, 0.15) is 0 Å². The van der Waals surface area contributed by atoms with Crippen molar-refractivity contribution >= 4 is 75.1 Å². The Balaban J connectivity index is 1.64. The predicted molar refractivity (Wildman–Crippen MR) is 114 cm³/mol. The van der Waals surface area contributed by atoms with Crippen LogP contribution in [-0.2, 0) is 6.54 Å². The maximum absolute atomic E-state index is 6.19. The van der Waals surface area contributed by atoms with E-state index in [0.717, 1.165) is 11.3 Å². The van der Waals surface area contributed by atoms with Crippen molar-refractivity contribution in [1.29, 1.82) is 0 Å². The molecule has 0 spiro atoms. The van der Waals surface area contributed by atoms with Crippen LogP contribution >= 0.6 is 58.6 Å². The quantitative estimate of drug-likeness (QED) is 0.458. The van der Waals surface area contributed by atoms with Crippen molar-refractivity contribution in [3.8, 4) is 0 Å². The van der Waals surface area contributed by atoms with Crippen molar-refractivity contribution in [1.82, 2.24) is 9.78 Å². The largest absolute Gasteiger partial charge is 0.331 e. The van der Waals surface area contributed by atoms with E-state index in [4.69, 9.17) is 58.6 Å². The van der Waals surface area contributed by atoms with Crippen molar-refractivity contribution < 1.29 is 0 Å². The maximum Gasteiger partial charge on any atom is 0.175 e. The van der Waals surface area contributed by atoms with E-state index in [1.54, 1.807) is 41.2 Å². The summed E-state index contributed by atoms with van der Waals surface area (Å²) in [5, 5.41) is 12.8. The van der Waals surface area contributed by atoms with E-state index in [1.165, 1.54) is 0 Å². The van der Waals surface area contributed by atoms with Gasteiger partial charge in [-0.1, -0.05) is 58.5 Å². The topological polar surface area (TPSA) is 41.9 Å². The van der Waals surface area contributed by atoms with Gasteiger partial charge in [-0.15, -0.1) is 0 Å². The first-order valence-electron chi connectivity index (χ1n) is 7.41. The lowest BCUT2D eigenvalue weighted by Gasteiger charge is -2.11. The van der Waals surface area contributed by atoms with Crippen LogP contribution in [0.25, 0.3) is 0 Å².